The Morgan fingerprint density at radius 3 is 2.67 bits per heavy atom. The normalized spacial score (nSPS) is 10.9. The first-order valence-corrected chi connectivity index (χ1v) is 12.1. The number of aryl methyl sites for hydroxylation is 1. The molecule has 0 fully saturated rings. The Kier molecular flexibility index (Phi) is 7.00. The van der Waals surface area contributed by atoms with Gasteiger partial charge in [0.05, 0.1) is 16.9 Å². The minimum atomic E-state index is -0.351. The first kappa shape index (κ1) is 22.9. The predicted molar refractivity (Wildman–Crippen MR) is 131 cm³/mol. The highest BCUT2D eigenvalue weighted by Crippen LogP contribution is 2.32. The number of aromatic nitrogens is 4. The zero-order chi connectivity index (χ0) is 23.4. The minimum Gasteiger partial charge on any atom is -0.298 e. The Hall–Kier alpha value is -3.30. The third kappa shape index (κ3) is 5.04. The van der Waals surface area contributed by atoms with Crippen molar-refractivity contribution in [1.29, 1.82) is 0 Å². The molecule has 2 heterocycles. The van der Waals surface area contributed by atoms with Crippen LogP contribution >= 0.6 is 23.1 Å². The summed E-state index contributed by atoms with van der Waals surface area (Å²) < 4.78 is 16.1. The van der Waals surface area contributed by atoms with Gasteiger partial charge in [-0.25, -0.2) is 9.37 Å². The summed E-state index contributed by atoms with van der Waals surface area (Å²) in [4.78, 5) is 18.6. The van der Waals surface area contributed by atoms with Gasteiger partial charge in [0, 0.05) is 24.6 Å². The molecular formula is C24H22FN5OS2. The molecule has 0 aliphatic carbocycles. The maximum absolute atomic E-state index is 14.3. The van der Waals surface area contributed by atoms with Crippen molar-refractivity contribution in [1.82, 2.24) is 19.7 Å². The third-order valence-electron chi connectivity index (χ3n) is 4.83. The summed E-state index contributed by atoms with van der Waals surface area (Å²) in [7, 11) is 0. The maximum Gasteiger partial charge on any atom is 0.230 e. The van der Waals surface area contributed by atoms with E-state index in [1.807, 2.05) is 41.1 Å². The van der Waals surface area contributed by atoms with Gasteiger partial charge >= 0.3 is 0 Å². The lowest BCUT2D eigenvalue weighted by atomic mass is 10.2. The van der Waals surface area contributed by atoms with Gasteiger partial charge in [0.2, 0.25) is 5.91 Å². The summed E-state index contributed by atoms with van der Waals surface area (Å²) in [6.45, 7) is 7.78. The van der Waals surface area contributed by atoms with Crippen LogP contribution in [0.5, 0.6) is 0 Å². The summed E-state index contributed by atoms with van der Waals surface area (Å²) in [5.74, 6) is 0.531. The van der Waals surface area contributed by atoms with Crippen LogP contribution in [0.25, 0.3) is 11.4 Å². The number of halogens is 1. The van der Waals surface area contributed by atoms with E-state index in [0.717, 1.165) is 16.9 Å². The van der Waals surface area contributed by atoms with Gasteiger partial charge in [-0.15, -0.1) is 28.1 Å². The van der Waals surface area contributed by atoms with Crippen LogP contribution in [0.1, 0.15) is 18.2 Å². The third-order valence-corrected chi connectivity index (χ3v) is 6.71. The molecule has 0 N–H and O–H groups in total. The molecule has 0 aliphatic heterocycles. The number of carbonyl (C=O) groups is 1. The van der Waals surface area contributed by atoms with Gasteiger partial charge in [0.25, 0.3) is 0 Å². The number of rotatable bonds is 8. The number of carbonyl (C=O) groups excluding carboxylic acids is 1. The number of hydrogen-bond acceptors (Lipinski definition) is 6. The molecule has 0 bridgehead atoms. The Bertz CT molecular complexity index is 1280. The number of allylic oxidation sites excluding steroid dienone is 1. The van der Waals surface area contributed by atoms with E-state index in [-0.39, 0.29) is 11.7 Å². The van der Waals surface area contributed by atoms with Gasteiger partial charge in [0.1, 0.15) is 5.82 Å². The Morgan fingerprint density at radius 2 is 1.97 bits per heavy atom. The Morgan fingerprint density at radius 1 is 1.21 bits per heavy atom. The number of nitrogens with zero attached hydrogens (tertiary/aromatic N) is 5. The van der Waals surface area contributed by atoms with Crippen LogP contribution in [0.2, 0.25) is 0 Å². The molecule has 0 aliphatic rings. The fourth-order valence-corrected chi connectivity index (χ4v) is 5.09. The number of amides is 1. The molecule has 2 aromatic carbocycles. The first-order valence-electron chi connectivity index (χ1n) is 10.2. The maximum atomic E-state index is 14.3. The summed E-state index contributed by atoms with van der Waals surface area (Å²) in [5.41, 5.74) is 3.11. The summed E-state index contributed by atoms with van der Waals surface area (Å²) >= 11 is 2.86. The van der Waals surface area contributed by atoms with Crippen LogP contribution in [0.15, 0.2) is 71.7 Å². The summed E-state index contributed by atoms with van der Waals surface area (Å²) in [6.07, 6.45) is 1.73. The largest absolute Gasteiger partial charge is 0.298 e. The highest BCUT2D eigenvalue weighted by molar-refractivity contribution is 7.98. The van der Waals surface area contributed by atoms with E-state index in [1.54, 1.807) is 29.2 Å². The van der Waals surface area contributed by atoms with E-state index < -0.39 is 0 Å². The van der Waals surface area contributed by atoms with Crippen molar-refractivity contribution in [2.75, 3.05) is 4.90 Å². The van der Waals surface area contributed by atoms with Gasteiger partial charge < -0.3 is 0 Å². The average Bonchev–Trinajstić information content (AvgIpc) is 3.41. The highest BCUT2D eigenvalue weighted by Gasteiger charge is 2.20. The number of thiazole rings is 1. The number of anilines is 2. The van der Waals surface area contributed by atoms with Crippen molar-refractivity contribution < 1.29 is 9.18 Å². The smallest absolute Gasteiger partial charge is 0.230 e. The monoisotopic (exact) mass is 479 g/mol. The number of hydrogen-bond donors (Lipinski definition) is 0. The molecule has 168 valence electrons. The molecule has 1 amide bonds. The molecule has 0 saturated heterocycles. The minimum absolute atomic E-state index is 0.104. The van der Waals surface area contributed by atoms with E-state index in [9.17, 15) is 9.18 Å². The predicted octanol–water partition coefficient (Wildman–Crippen LogP) is 6.01. The SMILES string of the molecule is C=CCn1c(SCc2csc(N(C(C)=O)c3ccc(C)cc3)n2)nnc1-c1ccccc1F. The average molecular weight is 480 g/mol. The fraction of sp³-hybridized carbons (Fsp3) is 0.167. The lowest BCUT2D eigenvalue weighted by molar-refractivity contribution is -0.115. The van der Waals surface area contributed by atoms with Crippen molar-refractivity contribution in [3.8, 4) is 11.4 Å². The van der Waals surface area contributed by atoms with Crippen molar-refractivity contribution in [2.45, 2.75) is 31.3 Å². The van der Waals surface area contributed by atoms with E-state index in [0.29, 0.717) is 34.0 Å². The van der Waals surface area contributed by atoms with E-state index in [1.165, 1.54) is 36.1 Å². The van der Waals surface area contributed by atoms with Gasteiger partial charge in [-0.05, 0) is 31.2 Å². The molecule has 0 radical (unpaired) electrons. The molecule has 9 heteroatoms. The second kappa shape index (κ2) is 10.1. The summed E-state index contributed by atoms with van der Waals surface area (Å²) in [6, 6.07) is 14.3. The van der Waals surface area contributed by atoms with E-state index >= 15 is 0 Å². The van der Waals surface area contributed by atoms with E-state index in [2.05, 4.69) is 21.8 Å². The number of benzene rings is 2. The Balaban J connectivity index is 1.55. The van der Waals surface area contributed by atoms with Crippen LogP contribution in [0, 0.1) is 12.7 Å². The van der Waals surface area contributed by atoms with Crippen LogP contribution in [-0.2, 0) is 17.1 Å². The van der Waals surface area contributed by atoms with Crippen LogP contribution < -0.4 is 4.90 Å². The molecule has 6 nitrogen and oxygen atoms in total. The molecule has 2 aromatic heterocycles. The molecular weight excluding hydrogens is 457 g/mol. The lowest BCUT2D eigenvalue weighted by Gasteiger charge is -2.18. The molecule has 33 heavy (non-hydrogen) atoms. The summed E-state index contributed by atoms with van der Waals surface area (Å²) in [5, 5.41) is 11.7. The van der Waals surface area contributed by atoms with Gasteiger partial charge in [-0.1, -0.05) is 47.7 Å². The number of thioether (sulfide) groups is 1. The van der Waals surface area contributed by atoms with E-state index in [4.69, 9.17) is 0 Å². The van der Waals surface area contributed by atoms with Gasteiger partial charge in [-0.3, -0.25) is 14.3 Å². The van der Waals surface area contributed by atoms with Crippen molar-refractivity contribution in [3.63, 3.8) is 0 Å². The van der Waals surface area contributed by atoms with Crippen molar-refractivity contribution >= 4 is 39.8 Å². The van der Waals surface area contributed by atoms with Crippen LogP contribution in [0.4, 0.5) is 15.2 Å². The molecule has 0 saturated carbocycles. The molecule has 4 rings (SSSR count). The van der Waals surface area contributed by atoms with Gasteiger partial charge in [-0.2, -0.15) is 0 Å². The van der Waals surface area contributed by atoms with Gasteiger partial charge in [0.15, 0.2) is 16.1 Å². The standard InChI is InChI=1S/C24H22FN5OS2/c1-4-13-29-22(20-7-5-6-8-21(20)25)27-28-24(29)33-15-18-14-32-23(26-18)30(17(3)31)19-11-9-16(2)10-12-19/h4-12,14H,1,13,15H2,2-3H3. The second-order valence-electron chi connectivity index (χ2n) is 7.29. The second-order valence-corrected chi connectivity index (χ2v) is 9.06. The van der Waals surface area contributed by atoms with Crippen LogP contribution in [0.3, 0.4) is 0 Å². The molecule has 4 aromatic rings. The first-order chi connectivity index (χ1) is 16.0. The van der Waals surface area contributed by atoms with Crippen LogP contribution in [-0.4, -0.2) is 25.7 Å². The molecule has 0 atom stereocenters. The fourth-order valence-electron chi connectivity index (χ4n) is 3.26. The Labute approximate surface area is 199 Å². The van der Waals surface area contributed by atoms with Crippen molar-refractivity contribution in [3.05, 3.63) is 83.6 Å². The molecule has 0 spiro atoms. The van der Waals surface area contributed by atoms with Crippen molar-refractivity contribution in [2.24, 2.45) is 0 Å². The highest BCUT2D eigenvalue weighted by atomic mass is 32.2. The topological polar surface area (TPSA) is 63.9 Å². The zero-order valence-electron chi connectivity index (χ0n) is 18.2. The molecule has 0 unspecified atom stereocenters. The lowest BCUT2D eigenvalue weighted by Crippen LogP contribution is -2.22. The quantitative estimate of drug-likeness (QED) is 0.229. The zero-order valence-corrected chi connectivity index (χ0v) is 19.9.